The number of anilines is 1. The van der Waals surface area contributed by atoms with Gasteiger partial charge >= 0.3 is 0 Å². The molecule has 0 aliphatic carbocycles. The summed E-state index contributed by atoms with van der Waals surface area (Å²) in [6, 6.07) is 4.52. The Morgan fingerprint density at radius 3 is 2.14 bits per heavy atom. The van der Waals surface area contributed by atoms with Gasteiger partial charge in [-0.2, -0.15) is 0 Å². The Balaban J connectivity index is 2.35. The van der Waals surface area contributed by atoms with E-state index in [-0.39, 0.29) is 0 Å². The van der Waals surface area contributed by atoms with E-state index in [1.807, 2.05) is 6.92 Å². The number of hydrogen-bond donors (Lipinski definition) is 0. The van der Waals surface area contributed by atoms with Crippen LogP contribution in [0, 0.1) is 41.5 Å². The summed E-state index contributed by atoms with van der Waals surface area (Å²) in [6.45, 7) is 19.4. The summed E-state index contributed by atoms with van der Waals surface area (Å²) in [7, 11) is 0. The van der Waals surface area contributed by atoms with Gasteiger partial charge in [0.05, 0.1) is 11.1 Å². The summed E-state index contributed by atoms with van der Waals surface area (Å²) >= 11 is 0. The monoisotopic (exact) mass is 380 g/mol. The van der Waals surface area contributed by atoms with Crippen molar-refractivity contribution in [3.63, 3.8) is 0 Å². The summed E-state index contributed by atoms with van der Waals surface area (Å²) in [6.07, 6.45) is 2.36. The number of aromatic nitrogens is 3. The molecular formula is C24H34N4. The lowest BCUT2D eigenvalue weighted by Crippen LogP contribution is -2.25. The molecule has 0 saturated heterocycles. The van der Waals surface area contributed by atoms with E-state index >= 15 is 0 Å². The minimum Gasteiger partial charge on any atom is -0.356 e. The predicted molar refractivity (Wildman–Crippen MR) is 120 cm³/mol. The fourth-order valence-corrected chi connectivity index (χ4v) is 4.34. The van der Waals surface area contributed by atoms with Crippen LogP contribution in [0.5, 0.6) is 0 Å². The number of benzene rings is 1. The van der Waals surface area contributed by atoms with Crippen molar-refractivity contribution >= 4 is 16.9 Å². The molecule has 4 nitrogen and oxygen atoms in total. The number of hydrogen-bond acceptors (Lipinski definition) is 3. The SMILES string of the molecule is CCCCN(CC)c1n[13c]([13CH3])nc2c1c(C)c(C)n2-c1c(C)cc(C)cc1C. The molecular weight excluding hydrogens is 346 g/mol. The van der Waals surface area contributed by atoms with Gasteiger partial charge in [0, 0.05) is 18.8 Å². The average Bonchev–Trinajstić information content (AvgIpc) is 2.86. The third-order valence-corrected chi connectivity index (χ3v) is 5.77. The highest BCUT2D eigenvalue weighted by Crippen LogP contribution is 2.35. The number of aryl methyl sites for hydroxylation is 5. The van der Waals surface area contributed by atoms with Crippen molar-refractivity contribution < 1.29 is 0 Å². The largest absolute Gasteiger partial charge is 0.356 e. The molecule has 150 valence electrons. The number of unbranched alkanes of at least 4 members (excludes halogenated alkanes) is 1. The molecule has 3 aromatic rings. The van der Waals surface area contributed by atoms with Gasteiger partial charge in [-0.1, -0.05) is 31.0 Å². The van der Waals surface area contributed by atoms with Gasteiger partial charge in [-0.25, -0.2) is 9.97 Å². The fourth-order valence-electron chi connectivity index (χ4n) is 4.34. The summed E-state index contributed by atoms with van der Waals surface area (Å²) in [5.41, 5.74) is 8.68. The fraction of sp³-hybridized carbons (Fsp3) is 0.500. The summed E-state index contributed by atoms with van der Waals surface area (Å²) < 4.78 is 2.35. The zero-order chi connectivity index (χ0) is 20.6. The van der Waals surface area contributed by atoms with Crippen LogP contribution in [0.15, 0.2) is 12.1 Å². The molecule has 2 heterocycles. The Morgan fingerprint density at radius 2 is 1.57 bits per heavy atom. The molecule has 28 heavy (non-hydrogen) atoms. The maximum Gasteiger partial charge on any atom is 0.150 e. The van der Waals surface area contributed by atoms with Crippen LogP contribution in [-0.2, 0) is 0 Å². The second-order valence-corrected chi connectivity index (χ2v) is 8.02. The van der Waals surface area contributed by atoms with E-state index < -0.39 is 0 Å². The van der Waals surface area contributed by atoms with Crippen molar-refractivity contribution in [2.24, 2.45) is 0 Å². The van der Waals surface area contributed by atoms with Crippen molar-refractivity contribution in [2.45, 2.75) is 68.2 Å². The Bertz CT molecular complexity index is 990. The molecule has 1 aromatic carbocycles. The molecule has 2 aromatic heterocycles. The molecule has 0 radical (unpaired) electrons. The molecule has 0 atom stereocenters. The smallest absolute Gasteiger partial charge is 0.150 e. The van der Waals surface area contributed by atoms with Gasteiger partial charge < -0.3 is 4.90 Å². The number of rotatable bonds is 6. The van der Waals surface area contributed by atoms with E-state index in [0.29, 0.717) is 0 Å². The Morgan fingerprint density at radius 1 is 0.929 bits per heavy atom. The molecule has 0 saturated carbocycles. The Labute approximate surface area is 169 Å². The number of nitrogens with zero attached hydrogens (tertiary/aromatic N) is 4. The van der Waals surface area contributed by atoms with Crippen LogP contribution in [0.3, 0.4) is 0 Å². The second kappa shape index (κ2) is 7.94. The molecule has 0 aliphatic heterocycles. The molecule has 0 amide bonds. The number of fused-ring (bicyclic) bond motifs is 1. The lowest BCUT2D eigenvalue weighted by atomic mass is 10.0. The van der Waals surface area contributed by atoms with Crippen LogP contribution < -0.4 is 4.90 Å². The third-order valence-electron chi connectivity index (χ3n) is 5.77. The molecule has 0 fully saturated rings. The first kappa shape index (κ1) is 20.4. The standard InChI is InChI=1S/C24H34N4/c1-9-11-12-27(10-2)23-21-18(6)19(7)28(24(21)26-20(8)25-23)22-16(4)13-15(3)14-17(22)5/h13-14H,9-12H2,1-8H3/i8+1,20+1. The highest BCUT2D eigenvalue weighted by atomic mass is 15.3. The predicted octanol–water partition coefficient (Wildman–Crippen LogP) is 5.90. The first-order valence-electron chi connectivity index (χ1n) is 10.5. The van der Waals surface area contributed by atoms with Gasteiger partial charge in [0.1, 0.15) is 11.6 Å². The Hall–Kier alpha value is -2.36. The summed E-state index contributed by atoms with van der Waals surface area (Å²) in [4.78, 5) is 12.2. The quantitative estimate of drug-likeness (QED) is 0.499. The zero-order valence-corrected chi connectivity index (χ0v) is 18.8. The van der Waals surface area contributed by atoms with Crippen molar-refractivity contribution in [3.8, 4) is 5.69 Å². The molecule has 0 aliphatic rings. The van der Waals surface area contributed by atoms with Gasteiger partial charge in [0.2, 0.25) is 0 Å². The third kappa shape index (κ3) is 3.41. The first-order valence-corrected chi connectivity index (χ1v) is 10.5. The van der Waals surface area contributed by atoms with E-state index in [1.165, 1.54) is 51.9 Å². The van der Waals surface area contributed by atoms with Crippen molar-refractivity contribution in [3.05, 3.63) is 45.9 Å². The minimum atomic E-state index is 0.832. The summed E-state index contributed by atoms with van der Waals surface area (Å²) in [5.74, 6) is 1.92. The van der Waals surface area contributed by atoms with Crippen molar-refractivity contribution in [2.75, 3.05) is 18.0 Å². The van der Waals surface area contributed by atoms with Gasteiger partial charge in [-0.05, 0) is 71.6 Å². The molecule has 3 rings (SSSR count). The lowest BCUT2D eigenvalue weighted by Gasteiger charge is -2.23. The van der Waals surface area contributed by atoms with Crippen LogP contribution in [-0.4, -0.2) is 27.6 Å². The van der Waals surface area contributed by atoms with E-state index in [1.54, 1.807) is 0 Å². The lowest BCUT2D eigenvalue weighted by molar-refractivity contribution is 0.724. The molecule has 0 spiro atoms. The van der Waals surface area contributed by atoms with Gasteiger partial charge in [-0.15, -0.1) is 0 Å². The maximum atomic E-state index is 4.92. The van der Waals surface area contributed by atoms with Crippen LogP contribution in [0.25, 0.3) is 16.7 Å². The Kier molecular flexibility index (Phi) is 5.78. The minimum absolute atomic E-state index is 0.832. The molecule has 4 heteroatoms. The highest BCUT2D eigenvalue weighted by molar-refractivity contribution is 5.94. The first-order chi connectivity index (χ1) is 13.3. The molecule has 0 bridgehead atoms. The van der Waals surface area contributed by atoms with Crippen LogP contribution in [0.4, 0.5) is 5.82 Å². The van der Waals surface area contributed by atoms with Gasteiger partial charge in [0.25, 0.3) is 0 Å². The second-order valence-electron chi connectivity index (χ2n) is 8.02. The highest BCUT2D eigenvalue weighted by Gasteiger charge is 2.22. The normalized spacial score (nSPS) is 11.4. The molecule has 0 N–H and O–H groups in total. The van der Waals surface area contributed by atoms with Gasteiger partial charge in [-0.3, -0.25) is 4.57 Å². The van der Waals surface area contributed by atoms with Crippen LogP contribution in [0.1, 0.15) is 60.5 Å². The van der Waals surface area contributed by atoms with E-state index in [9.17, 15) is 0 Å². The van der Waals surface area contributed by atoms with E-state index in [0.717, 1.165) is 30.4 Å². The molecule has 0 unspecified atom stereocenters. The zero-order valence-electron chi connectivity index (χ0n) is 18.8. The van der Waals surface area contributed by atoms with E-state index in [4.69, 9.17) is 9.97 Å². The maximum absolute atomic E-state index is 4.92. The van der Waals surface area contributed by atoms with Crippen molar-refractivity contribution in [1.29, 1.82) is 0 Å². The average molecular weight is 381 g/mol. The van der Waals surface area contributed by atoms with Gasteiger partial charge in [0.15, 0.2) is 5.65 Å². The summed E-state index contributed by atoms with van der Waals surface area (Å²) in [5, 5.41) is 1.19. The van der Waals surface area contributed by atoms with Crippen LogP contribution >= 0.6 is 0 Å². The van der Waals surface area contributed by atoms with Crippen LogP contribution in [0.2, 0.25) is 0 Å². The topological polar surface area (TPSA) is 34.0 Å². The van der Waals surface area contributed by atoms with Crippen molar-refractivity contribution in [1.82, 2.24) is 14.5 Å². The van der Waals surface area contributed by atoms with E-state index in [2.05, 4.69) is 70.1 Å².